The third-order valence-electron chi connectivity index (χ3n) is 4.47. The molecule has 24 heavy (non-hydrogen) atoms. The lowest BCUT2D eigenvalue weighted by Crippen LogP contribution is -1.97. The molecule has 0 aliphatic heterocycles. The molecule has 1 nitrogen and oxygen atoms in total. The zero-order chi connectivity index (χ0) is 17.1. The Labute approximate surface area is 145 Å². The Morgan fingerprint density at radius 3 is 1.38 bits per heavy atom. The molecule has 0 atom stereocenters. The maximum Gasteiger partial charge on any atom is 0.0712 e. The van der Waals surface area contributed by atoms with Crippen molar-refractivity contribution in [1.29, 1.82) is 0 Å². The van der Waals surface area contributed by atoms with Gasteiger partial charge in [0, 0.05) is 11.1 Å². The number of nitrogens with zero attached hydrogens (tertiary/aromatic N) is 1. The minimum atomic E-state index is 0.481. The molecule has 0 saturated heterocycles. The second kappa shape index (κ2) is 7.00. The van der Waals surface area contributed by atoms with E-state index in [1.54, 1.807) is 0 Å². The third-order valence-corrected chi connectivity index (χ3v) is 4.47. The summed E-state index contributed by atoms with van der Waals surface area (Å²) < 4.78 is 0. The zero-order valence-electron chi connectivity index (χ0n) is 15.0. The number of aromatic nitrogens is 1. The minimum absolute atomic E-state index is 0.481. The van der Waals surface area contributed by atoms with Crippen LogP contribution in [-0.4, -0.2) is 4.98 Å². The van der Waals surface area contributed by atoms with Crippen molar-refractivity contribution >= 4 is 0 Å². The van der Waals surface area contributed by atoms with Crippen LogP contribution < -0.4 is 0 Å². The highest BCUT2D eigenvalue weighted by Gasteiger charge is 2.12. The summed E-state index contributed by atoms with van der Waals surface area (Å²) in [5.41, 5.74) is 7.26. The molecule has 0 amide bonds. The topological polar surface area (TPSA) is 12.9 Å². The van der Waals surface area contributed by atoms with E-state index in [9.17, 15) is 0 Å². The number of rotatable bonds is 4. The van der Waals surface area contributed by atoms with E-state index in [-0.39, 0.29) is 0 Å². The Kier molecular flexibility index (Phi) is 4.80. The lowest BCUT2D eigenvalue weighted by Gasteiger charge is -2.15. The average Bonchev–Trinajstić information content (AvgIpc) is 2.61. The Hall–Kier alpha value is -2.41. The van der Waals surface area contributed by atoms with E-state index in [2.05, 4.69) is 94.4 Å². The lowest BCUT2D eigenvalue weighted by molar-refractivity contribution is 0.866. The summed E-state index contributed by atoms with van der Waals surface area (Å²) in [4.78, 5) is 5.00. The van der Waals surface area contributed by atoms with Gasteiger partial charge in [0.05, 0.1) is 11.4 Å². The van der Waals surface area contributed by atoms with E-state index >= 15 is 0 Å². The van der Waals surface area contributed by atoms with Gasteiger partial charge >= 0.3 is 0 Å². The van der Waals surface area contributed by atoms with Gasteiger partial charge in [0.15, 0.2) is 0 Å². The van der Waals surface area contributed by atoms with E-state index < -0.39 is 0 Å². The van der Waals surface area contributed by atoms with Gasteiger partial charge in [-0.1, -0.05) is 82.3 Å². The molecule has 0 aliphatic rings. The van der Waals surface area contributed by atoms with Crippen LogP contribution in [0.25, 0.3) is 22.5 Å². The molecule has 0 radical (unpaired) electrons. The van der Waals surface area contributed by atoms with Crippen molar-refractivity contribution < 1.29 is 0 Å². The van der Waals surface area contributed by atoms with Gasteiger partial charge in [0.25, 0.3) is 0 Å². The van der Waals surface area contributed by atoms with Gasteiger partial charge in [-0.2, -0.15) is 0 Å². The second-order valence-corrected chi connectivity index (χ2v) is 6.89. The van der Waals surface area contributed by atoms with Crippen molar-refractivity contribution in [3.05, 3.63) is 77.9 Å². The fourth-order valence-electron chi connectivity index (χ4n) is 3.20. The molecule has 3 aromatic rings. The summed E-state index contributed by atoms with van der Waals surface area (Å²) in [6, 6.07) is 23.5. The van der Waals surface area contributed by atoms with Gasteiger partial charge in [0.2, 0.25) is 0 Å². The number of pyridine rings is 1. The Morgan fingerprint density at radius 2 is 0.958 bits per heavy atom. The summed E-state index contributed by atoms with van der Waals surface area (Å²) in [5.74, 6) is 0.962. The van der Waals surface area contributed by atoms with Crippen LogP contribution in [0.15, 0.2) is 66.7 Å². The second-order valence-electron chi connectivity index (χ2n) is 6.89. The SMILES string of the molecule is CC(C)c1ccccc1-c1cccc(-c2ccccc2C(C)C)n1. The highest BCUT2D eigenvalue weighted by Crippen LogP contribution is 2.32. The first-order valence-corrected chi connectivity index (χ1v) is 8.73. The van der Waals surface area contributed by atoms with Crippen LogP contribution in [0.4, 0.5) is 0 Å². The average molecular weight is 315 g/mol. The summed E-state index contributed by atoms with van der Waals surface area (Å²) in [7, 11) is 0. The van der Waals surface area contributed by atoms with Crippen LogP contribution >= 0.6 is 0 Å². The fourth-order valence-corrected chi connectivity index (χ4v) is 3.20. The van der Waals surface area contributed by atoms with Crippen molar-refractivity contribution in [3.8, 4) is 22.5 Å². The molecule has 1 heterocycles. The van der Waals surface area contributed by atoms with Crippen molar-refractivity contribution in [3.63, 3.8) is 0 Å². The summed E-state index contributed by atoms with van der Waals surface area (Å²) in [6.45, 7) is 8.93. The quantitative estimate of drug-likeness (QED) is 0.524. The molecule has 1 heteroatoms. The van der Waals surface area contributed by atoms with E-state index in [4.69, 9.17) is 4.98 Å². The molecular weight excluding hydrogens is 290 g/mol. The van der Waals surface area contributed by atoms with Crippen LogP contribution in [0, 0.1) is 0 Å². The van der Waals surface area contributed by atoms with Crippen LogP contribution in [0.3, 0.4) is 0 Å². The largest absolute Gasteiger partial charge is 0.248 e. The molecular formula is C23H25N. The number of hydrogen-bond donors (Lipinski definition) is 0. The maximum atomic E-state index is 5.00. The van der Waals surface area contributed by atoms with Gasteiger partial charge in [-0.15, -0.1) is 0 Å². The van der Waals surface area contributed by atoms with E-state index in [1.807, 2.05) is 0 Å². The lowest BCUT2D eigenvalue weighted by atomic mass is 9.93. The smallest absolute Gasteiger partial charge is 0.0712 e. The Morgan fingerprint density at radius 1 is 0.542 bits per heavy atom. The monoisotopic (exact) mass is 315 g/mol. The van der Waals surface area contributed by atoms with Crippen LogP contribution in [-0.2, 0) is 0 Å². The predicted octanol–water partition coefficient (Wildman–Crippen LogP) is 6.66. The number of benzene rings is 2. The standard InChI is InChI=1S/C23H25N/c1-16(2)18-10-5-7-12-20(18)22-14-9-15-23(24-22)21-13-8-6-11-19(21)17(3)4/h5-17H,1-4H3. The Bertz CT molecular complexity index is 764. The number of hydrogen-bond acceptors (Lipinski definition) is 1. The van der Waals surface area contributed by atoms with Gasteiger partial charge in [0.1, 0.15) is 0 Å². The van der Waals surface area contributed by atoms with Crippen molar-refractivity contribution in [1.82, 2.24) is 4.98 Å². The zero-order valence-corrected chi connectivity index (χ0v) is 15.0. The van der Waals surface area contributed by atoms with Gasteiger partial charge in [-0.05, 0) is 35.1 Å². The van der Waals surface area contributed by atoms with Crippen LogP contribution in [0.5, 0.6) is 0 Å². The first-order chi connectivity index (χ1) is 11.6. The molecule has 1 aromatic heterocycles. The predicted molar refractivity (Wildman–Crippen MR) is 103 cm³/mol. The fraction of sp³-hybridized carbons (Fsp3) is 0.261. The van der Waals surface area contributed by atoms with Gasteiger partial charge in [-0.25, -0.2) is 4.98 Å². The first-order valence-electron chi connectivity index (χ1n) is 8.73. The van der Waals surface area contributed by atoms with Gasteiger partial charge in [-0.3, -0.25) is 0 Å². The van der Waals surface area contributed by atoms with Crippen LogP contribution in [0.1, 0.15) is 50.7 Å². The highest BCUT2D eigenvalue weighted by molar-refractivity contribution is 5.70. The molecule has 0 aliphatic carbocycles. The molecule has 3 rings (SSSR count). The van der Waals surface area contributed by atoms with Crippen molar-refractivity contribution in [2.45, 2.75) is 39.5 Å². The molecule has 0 unspecified atom stereocenters. The summed E-state index contributed by atoms with van der Waals surface area (Å²) >= 11 is 0. The molecule has 0 fully saturated rings. The van der Waals surface area contributed by atoms with Crippen molar-refractivity contribution in [2.24, 2.45) is 0 Å². The summed E-state index contributed by atoms with van der Waals surface area (Å²) in [6.07, 6.45) is 0. The van der Waals surface area contributed by atoms with Gasteiger partial charge < -0.3 is 0 Å². The minimum Gasteiger partial charge on any atom is -0.248 e. The van der Waals surface area contributed by atoms with E-state index in [0.29, 0.717) is 11.8 Å². The van der Waals surface area contributed by atoms with E-state index in [0.717, 1.165) is 11.4 Å². The summed E-state index contributed by atoms with van der Waals surface area (Å²) in [5, 5.41) is 0. The third kappa shape index (κ3) is 3.26. The molecule has 2 aromatic carbocycles. The highest BCUT2D eigenvalue weighted by atomic mass is 14.7. The first kappa shape index (κ1) is 16.4. The molecule has 0 bridgehead atoms. The Balaban J connectivity index is 2.12. The maximum absolute atomic E-state index is 5.00. The molecule has 0 saturated carbocycles. The van der Waals surface area contributed by atoms with E-state index in [1.165, 1.54) is 22.3 Å². The normalized spacial score (nSPS) is 11.2. The van der Waals surface area contributed by atoms with Crippen LogP contribution in [0.2, 0.25) is 0 Å². The molecule has 0 spiro atoms. The molecule has 122 valence electrons. The van der Waals surface area contributed by atoms with Crippen molar-refractivity contribution in [2.75, 3.05) is 0 Å². The molecule has 0 N–H and O–H groups in total.